The summed E-state index contributed by atoms with van der Waals surface area (Å²) < 4.78 is 9.09. The Labute approximate surface area is 272 Å². The third kappa shape index (κ3) is 3.54. The maximum Gasteiger partial charge on any atom is 0.145 e. The largest absolute Gasteiger partial charge is 0.455 e. The van der Waals surface area contributed by atoms with Crippen LogP contribution in [0.15, 0.2) is 150 Å². The van der Waals surface area contributed by atoms with Gasteiger partial charge in [0.15, 0.2) is 0 Å². The monoisotopic (exact) mass is 602 g/mol. The van der Waals surface area contributed by atoms with E-state index in [4.69, 9.17) is 9.40 Å². The molecule has 0 spiro atoms. The van der Waals surface area contributed by atoms with Gasteiger partial charge in [-0.1, -0.05) is 111 Å². The Bertz CT molecular complexity index is 2690. The molecule has 10 rings (SSSR count). The molecule has 0 atom stereocenters. The summed E-state index contributed by atoms with van der Waals surface area (Å²) in [5.41, 5.74) is 14.9. The van der Waals surface area contributed by atoms with Gasteiger partial charge in [-0.05, 0) is 70.3 Å². The highest BCUT2D eigenvalue weighted by atomic mass is 16.3. The lowest BCUT2D eigenvalue weighted by Crippen LogP contribution is -2.16. The van der Waals surface area contributed by atoms with Crippen LogP contribution >= 0.6 is 0 Å². The molecule has 6 aromatic carbocycles. The first-order valence-corrected chi connectivity index (χ1v) is 16.2. The van der Waals surface area contributed by atoms with Crippen LogP contribution < -0.4 is 0 Å². The SMILES string of the molecule is CC1(C)c2ccccc2-c2c(-c3ccccn3)ccc(-c3cccc4c5c6oc7ccccc7c6ccc5n(-c5ccccc5)c34)c21. The topological polar surface area (TPSA) is 31.0 Å². The molecule has 222 valence electrons. The van der Waals surface area contributed by atoms with E-state index in [0.29, 0.717) is 0 Å². The van der Waals surface area contributed by atoms with E-state index in [1.165, 1.54) is 49.8 Å². The number of hydrogen-bond donors (Lipinski definition) is 0. The third-order valence-electron chi connectivity index (χ3n) is 10.2. The van der Waals surface area contributed by atoms with Crippen molar-refractivity contribution in [1.82, 2.24) is 9.55 Å². The summed E-state index contributed by atoms with van der Waals surface area (Å²) in [4.78, 5) is 4.81. The van der Waals surface area contributed by atoms with E-state index in [1.54, 1.807) is 0 Å². The Hall–Kier alpha value is -5.93. The number of para-hydroxylation sites is 3. The maximum absolute atomic E-state index is 6.66. The van der Waals surface area contributed by atoms with Crippen LogP contribution in [0.4, 0.5) is 0 Å². The molecule has 0 radical (unpaired) electrons. The lowest BCUT2D eigenvalue weighted by Gasteiger charge is -2.26. The first kappa shape index (κ1) is 26.3. The zero-order valence-corrected chi connectivity index (χ0v) is 26.2. The highest BCUT2D eigenvalue weighted by Gasteiger charge is 2.39. The van der Waals surface area contributed by atoms with Crippen molar-refractivity contribution in [3.63, 3.8) is 0 Å². The standard InChI is InChI=1S/C44H30N2O/c1-44(2)35-19-8-6-16-32(35)39-33(36-20-10-11-26-45-36)23-22-29(41(39)44)30-17-12-18-34-40-37(46(42(30)34)27-13-4-3-5-14-27)25-24-31-28-15-7-9-21-38(28)47-43(31)40/h3-26H,1-2H3. The molecular weight excluding hydrogens is 572 g/mol. The lowest BCUT2D eigenvalue weighted by atomic mass is 9.78. The van der Waals surface area contributed by atoms with Crippen molar-refractivity contribution in [2.24, 2.45) is 0 Å². The fraction of sp³-hybridized carbons (Fsp3) is 0.0682. The summed E-state index contributed by atoms with van der Waals surface area (Å²) in [5.74, 6) is 0. The average molecular weight is 603 g/mol. The van der Waals surface area contributed by atoms with Crippen LogP contribution in [0, 0.1) is 0 Å². The summed E-state index contributed by atoms with van der Waals surface area (Å²) in [5, 5.41) is 4.61. The first-order chi connectivity index (χ1) is 23.1. The van der Waals surface area contributed by atoms with E-state index >= 15 is 0 Å². The summed E-state index contributed by atoms with van der Waals surface area (Å²) in [6, 6.07) is 50.0. The van der Waals surface area contributed by atoms with Crippen LogP contribution in [0.5, 0.6) is 0 Å². The Morgan fingerprint density at radius 2 is 1.32 bits per heavy atom. The van der Waals surface area contributed by atoms with Crippen LogP contribution in [0.25, 0.3) is 82.9 Å². The molecule has 0 bridgehead atoms. The van der Waals surface area contributed by atoms with Gasteiger partial charge in [-0.3, -0.25) is 4.98 Å². The molecule has 0 saturated heterocycles. The van der Waals surface area contributed by atoms with Gasteiger partial charge < -0.3 is 8.98 Å². The van der Waals surface area contributed by atoms with Gasteiger partial charge in [-0.2, -0.15) is 0 Å². The zero-order valence-electron chi connectivity index (χ0n) is 26.2. The summed E-state index contributed by atoms with van der Waals surface area (Å²) >= 11 is 0. The highest BCUT2D eigenvalue weighted by molar-refractivity contribution is 6.25. The molecule has 1 aliphatic rings. The molecule has 0 N–H and O–H groups in total. The number of furan rings is 1. The average Bonchev–Trinajstić information content (AvgIpc) is 3.75. The molecule has 0 amide bonds. The molecule has 3 nitrogen and oxygen atoms in total. The maximum atomic E-state index is 6.66. The van der Waals surface area contributed by atoms with Gasteiger partial charge in [0.05, 0.1) is 22.1 Å². The number of nitrogens with zero attached hydrogens (tertiary/aromatic N) is 2. The molecule has 0 fully saturated rings. The van der Waals surface area contributed by atoms with Crippen molar-refractivity contribution < 1.29 is 4.42 Å². The number of hydrogen-bond acceptors (Lipinski definition) is 2. The smallest absolute Gasteiger partial charge is 0.145 e. The van der Waals surface area contributed by atoms with E-state index in [2.05, 4.69) is 146 Å². The van der Waals surface area contributed by atoms with Gasteiger partial charge in [-0.25, -0.2) is 0 Å². The van der Waals surface area contributed by atoms with Gasteiger partial charge in [0.25, 0.3) is 0 Å². The second kappa shape index (κ2) is 9.54. The Balaban J connectivity index is 1.37. The molecule has 3 aromatic heterocycles. The molecule has 1 aliphatic carbocycles. The number of fused-ring (bicyclic) bond motifs is 10. The Morgan fingerprint density at radius 1 is 0.574 bits per heavy atom. The third-order valence-corrected chi connectivity index (χ3v) is 10.2. The molecule has 0 aliphatic heterocycles. The van der Waals surface area contributed by atoms with E-state index in [1.807, 2.05) is 18.3 Å². The minimum Gasteiger partial charge on any atom is -0.455 e. The molecule has 47 heavy (non-hydrogen) atoms. The van der Waals surface area contributed by atoms with Crippen molar-refractivity contribution in [1.29, 1.82) is 0 Å². The summed E-state index contributed by atoms with van der Waals surface area (Å²) in [6.07, 6.45) is 1.89. The molecule has 0 unspecified atom stereocenters. The minimum atomic E-state index is -0.218. The highest BCUT2D eigenvalue weighted by Crippen LogP contribution is 2.56. The predicted molar refractivity (Wildman–Crippen MR) is 194 cm³/mol. The van der Waals surface area contributed by atoms with Gasteiger partial charge >= 0.3 is 0 Å². The van der Waals surface area contributed by atoms with Crippen LogP contribution in [0.2, 0.25) is 0 Å². The van der Waals surface area contributed by atoms with Crippen LogP contribution in [0.3, 0.4) is 0 Å². The van der Waals surface area contributed by atoms with E-state index in [9.17, 15) is 0 Å². The van der Waals surface area contributed by atoms with Crippen LogP contribution in [-0.2, 0) is 5.41 Å². The van der Waals surface area contributed by atoms with E-state index < -0.39 is 0 Å². The molecule has 0 saturated carbocycles. The van der Waals surface area contributed by atoms with Gasteiger partial charge in [0.2, 0.25) is 0 Å². The fourth-order valence-electron chi connectivity index (χ4n) is 8.27. The van der Waals surface area contributed by atoms with Crippen LogP contribution in [0.1, 0.15) is 25.0 Å². The van der Waals surface area contributed by atoms with Crippen molar-refractivity contribution in [3.8, 4) is 39.2 Å². The second-order valence-corrected chi connectivity index (χ2v) is 13.1. The molecule has 9 aromatic rings. The van der Waals surface area contributed by atoms with E-state index in [0.717, 1.165) is 44.2 Å². The molecule has 3 heterocycles. The number of benzene rings is 6. The number of aromatic nitrogens is 2. The Morgan fingerprint density at radius 3 is 2.19 bits per heavy atom. The first-order valence-electron chi connectivity index (χ1n) is 16.2. The zero-order chi connectivity index (χ0) is 31.3. The predicted octanol–water partition coefficient (Wildman–Crippen LogP) is 11.7. The molecule has 3 heteroatoms. The molecular formula is C44H30N2O. The fourth-order valence-corrected chi connectivity index (χ4v) is 8.27. The lowest BCUT2D eigenvalue weighted by molar-refractivity contribution is 0.662. The summed E-state index contributed by atoms with van der Waals surface area (Å²) in [6.45, 7) is 4.74. The minimum absolute atomic E-state index is 0.218. The van der Waals surface area contributed by atoms with Crippen LogP contribution in [-0.4, -0.2) is 9.55 Å². The van der Waals surface area contributed by atoms with Crippen molar-refractivity contribution in [2.75, 3.05) is 0 Å². The number of rotatable bonds is 3. The second-order valence-electron chi connectivity index (χ2n) is 13.1. The van der Waals surface area contributed by atoms with Crippen molar-refractivity contribution in [2.45, 2.75) is 19.3 Å². The van der Waals surface area contributed by atoms with Gasteiger partial charge in [-0.15, -0.1) is 0 Å². The quantitative estimate of drug-likeness (QED) is 0.201. The van der Waals surface area contributed by atoms with Crippen molar-refractivity contribution >= 4 is 43.7 Å². The normalized spacial score (nSPS) is 13.5. The van der Waals surface area contributed by atoms with E-state index in [-0.39, 0.29) is 5.41 Å². The Kier molecular flexibility index (Phi) is 5.34. The van der Waals surface area contributed by atoms with Gasteiger partial charge in [0, 0.05) is 44.6 Å². The number of pyridine rings is 1. The van der Waals surface area contributed by atoms with Crippen molar-refractivity contribution in [3.05, 3.63) is 157 Å². The van der Waals surface area contributed by atoms with Gasteiger partial charge in [0.1, 0.15) is 11.2 Å². The summed E-state index contributed by atoms with van der Waals surface area (Å²) in [7, 11) is 0.